The number of nitrogens with one attached hydrogen (secondary N) is 2. The third kappa shape index (κ3) is 3.53. The highest BCUT2D eigenvalue weighted by molar-refractivity contribution is 5.94. The molecule has 0 radical (unpaired) electrons. The van der Waals surface area contributed by atoms with Gasteiger partial charge in [0, 0.05) is 5.54 Å². The molecule has 0 saturated heterocycles. The van der Waals surface area contributed by atoms with Crippen molar-refractivity contribution in [2.75, 3.05) is 0 Å². The maximum atomic E-state index is 11.8. The van der Waals surface area contributed by atoms with Crippen molar-refractivity contribution in [3.8, 4) is 0 Å². The Morgan fingerprint density at radius 1 is 1.25 bits per heavy atom. The highest BCUT2D eigenvalue weighted by atomic mass is 16.2. The van der Waals surface area contributed by atoms with Crippen molar-refractivity contribution in [3.63, 3.8) is 0 Å². The van der Waals surface area contributed by atoms with Gasteiger partial charge < -0.3 is 5.32 Å². The van der Waals surface area contributed by atoms with Gasteiger partial charge in [0.25, 0.3) is 0 Å². The second-order valence-corrected chi connectivity index (χ2v) is 5.49. The van der Waals surface area contributed by atoms with Crippen LogP contribution in [0, 0.1) is 0 Å². The maximum Gasteiger partial charge on any atom is 0.321 e. The van der Waals surface area contributed by atoms with Gasteiger partial charge in [-0.05, 0) is 32.9 Å². The smallest absolute Gasteiger partial charge is 0.321 e. The fourth-order valence-electron chi connectivity index (χ4n) is 1.71. The molecular weight excluding hydrogens is 258 g/mol. The van der Waals surface area contributed by atoms with E-state index in [4.69, 9.17) is 0 Å². The Balaban J connectivity index is 2.00. The van der Waals surface area contributed by atoms with Crippen molar-refractivity contribution >= 4 is 23.0 Å². The molecular formula is C13H17N5O2. The molecule has 2 aromatic rings. The minimum absolute atomic E-state index is 0.0575. The van der Waals surface area contributed by atoms with Gasteiger partial charge in [-0.15, -0.1) is 5.10 Å². The third-order valence-corrected chi connectivity index (χ3v) is 2.46. The van der Waals surface area contributed by atoms with Crippen LogP contribution in [0.25, 0.3) is 11.0 Å². The fourth-order valence-corrected chi connectivity index (χ4v) is 1.71. The van der Waals surface area contributed by atoms with Crippen molar-refractivity contribution in [2.24, 2.45) is 0 Å². The molecule has 7 heteroatoms. The number of urea groups is 1. The summed E-state index contributed by atoms with van der Waals surface area (Å²) in [6.45, 7) is 5.45. The van der Waals surface area contributed by atoms with E-state index in [1.807, 2.05) is 45.0 Å². The van der Waals surface area contributed by atoms with Crippen molar-refractivity contribution in [1.29, 1.82) is 0 Å². The predicted molar refractivity (Wildman–Crippen MR) is 74.0 cm³/mol. The van der Waals surface area contributed by atoms with Crippen molar-refractivity contribution in [3.05, 3.63) is 24.3 Å². The topological polar surface area (TPSA) is 88.9 Å². The van der Waals surface area contributed by atoms with Gasteiger partial charge in [-0.25, -0.2) is 9.48 Å². The molecule has 0 aliphatic heterocycles. The number of carbonyl (C=O) groups is 2. The molecule has 1 aromatic carbocycles. The summed E-state index contributed by atoms with van der Waals surface area (Å²) in [5, 5.41) is 12.7. The Kier molecular flexibility index (Phi) is 3.69. The summed E-state index contributed by atoms with van der Waals surface area (Å²) >= 11 is 0. The van der Waals surface area contributed by atoms with Gasteiger partial charge in [-0.1, -0.05) is 17.3 Å². The lowest BCUT2D eigenvalue weighted by Gasteiger charge is -2.20. The number of carbonyl (C=O) groups excluding carboxylic acids is 2. The number of imide groups is 1. The summed E-state index contributed by atoms with van der Waals surface area (Å²) in [5.74, 6) is -0.442. The maximum absolute atomic E-state index is 11.8. The number of aromatic nitrogens is 3. The zero-order valence-corrected chi connectivity index (χ0v) is 11.7. The molecule has 2 rings (SSSR count). The van der Waals surface area contributed by atoms with E-state index in [1.165, 1.54) is 4.68 Å². The molecule has 0 saturated carbocycles. The Labute approximate surface area is 116 Å². The number of para-hydroxylation sites is 1. The zero-order chi connectivity index (χ0) is 14.8. The zero-order valence-electron chi connectivity index (χ0n) is 11.7. The number of nitrogens with zero attached hydrogens (tertiary/aromatic N) is 3. The van der Waals surface area contributed by atoms with Gasteiger partial charge in [0.1, 0.15) is 12.1 Å². The van der Waals surface area contributed by atoms with Crippen LogP contribution in [0.2, 0.25) is 0 Å². The summed E-state index contributed by atoms with van der Waals surface area (Å²) in [6, 6.07) is 6.79. The van der Waals surface area contributed by atoms with E-state index in [-0.39, 0.29) is 6.54 Å². The predicted octanol–water partition coefficient (Wildman–Crippen LogP) is 1.06. The molecule has 2 N–H and O–H groups in total. The van der Waals surface area contributed by atoms with Crippen LogP contribution >= 0.6 is 0 Å². The third-order valence-electron chi connectivity index (χ3n) is 2.46. The summed E-state index contributed by atoms with van der Waals surface area (Å²) in [5.41, 5.74) is 1.06. The molecule has 0 aliphatic carbocycles. The van der Waals surface area contributed by atoms with E-state index >= 15 is 0 Å². The molecule has 0 unspecified atom stereocenters. The number of rotatable bonds is 2. The fraction of sp³-hybridized carbons (Fsp3) is 0.385. The molecule has 0 aliphatic rings. The molecule has 0 bridgehead atoms. The van der Waals surface area contributed by atoms with Crippen LogP contribution in [-0.2, 0) is 11.3 Å². The summed E-state index contributed by atoms with van der Waals surface area (Å²) in [7, 11) is 0. The number of hydrogen-bond donors (Lipinski definition) is 2. The number of hydrogen-bond acceptors (Lipinski definition) is 4. The Morgan fingerprint density at radius 2 is 1.95 bits per heavy atom. The first kappa shape index (κ1) is 14.0. The average Bonchev–Trinajstić information content (AvgIpc) is 2.70. The van der Waals surface area contributed by atoms with Crippen LogP contribution in [-0.4, -0.2) is 32.5 Å². The lowest BCUT2D eigenvalue weighted by molar-refractivity contribution is -0.120. The van der Waals surface area contributed by atoms with E-state index < -0.39 is 17.5 Å². The quantitative estimate of drug-likeness (QED) is 0.857. The molecule has 0 spiro atoms. The first-order valence-electron chi connectivity index (χ1n) is 6.25. The normalized spacial score (nSPS) is 11.3. The van der Waals surface area contributed by atoms with Gasteiger partial charge in [0.05, 0.1) is 5.52 Å². The van der Waals surface area contributed by atoms with Crippen LogP contribution < -0.4 is 10.6 Å². The second kappa shape index (κ2) is 5.28. The molecule has 20 heavy (non-hydrogen) atoms. The van der Waals surface area contributed by atoms with Crippen LogP contribution in [0.15, 0.2) is 24.3 Å². The molecule has 0 atom stereocenters. The van der Waals surface area contributed by atoms with Crippen LogP contribution in [0.1, 0.15) is 20.8 Å². The van der Waals surface area contributed by atoms with Crippen LogP contribution in [0.3, 0.4) is 0 Å². The van der Waals surface area contributed by atoms with Gasteiger partial charge in [0.15, 0.2) is 0 Å². The van der Waals surface area contributed by atoms with Gasteiger partial charge in [-0.3, -0.25) is 10.1 Å². The first-order chi connectivity index (χ1) is 9.35. The minimum atomic E-state index is -0.521. The van der Waals surface area contributed by atoms with E-state index in [0.29, 0.717) is 5.52 Å². The highest BCUT2D eigenvalue weighted by Gasteiger charge is 2.16. The van der Waals surface area contributed by atoms with E-state index in [2.05, 4.69) is 20.9 Å². The Morgan fingerprint density at radius 3 is 2.65 bits per heavy atom. The van der Waals surface area contributed by atoms with Gasteiger partial charge >= 0.3 is 6.03 Å². The van der Waals surface area contributed by atoms with E-state index in [1.54, 1.807) is 0 Å². The Hall–Kier alpha value is -2.44. The second-order valence-electron chi connectivity index (χ2n) is 5.49. The molecule has 1 heterocycles. The standard InChI is InChI=1S/C13H17N5O2/c1-13(2,3)15-12(20)14-11(19)8-18-10-7-5-4-6-9(10)16-17-18/h4-7H,8H2,1-3H3,(H2,14,15,19,20). The van der Waals surface area contributed by atoms with Crippen LogP contribution in [0.5, 0.6) is 0 Å². The number of fused-ring (bicyclic) bond motifs is 1. The monoisotopic (exact) mass is 275 g/mol. The summed E-state index contributed by atoms with van der Waals surface area (Å²) in [4.78, 5) is 23.4. The van der Waals surface area contributed by atoms with Crippen molar-refractivity contribution in [1.82, 2.24) is 25.6 Å². The number of benzene rings is 1. The highest BCUT2D eigenvalue weighted by Crippen LogP contribution is 2.09. The molecule has 3 amide bonds. The number of amides is 3. The van der Waals surface area contributed by atoms with E-state index in [0.717, 1.165) is 5.52 Å². The minimum Gasteiger partial charge on any atom is -0.333 e. The molecule has 1 aromatic heterocycles. The lowest BCUT2D eigenvalue weighted by atomic mass is 10.1. The SMILES string of the molecule is CC(C)(C)NC(=O)NC(=O)Cn1nnc2ccccc21. The van der Waals surface area contributed by atoms with Crippen molar-refractivity contribution < 1.29 is 9.59 Å². The molecule has 7 nitrogen and oxygen atoms in total. The van der Waals surface area contributed by atoms with E-state index in [9.17, 15) is 9.59 Å². The van der Waals surface area contributed by atoms with Crippen LogP contribution in [0.4, 0.5) is 4.79 Å². The Bertz CT molecular complexity index is 641. The molecule has 106 valence electrons. The van der Waals surface area contributed by atoms with Gasteiger partial charge in [0.2, 0.25) is 5.91 Å². The lowest BCUT2D eigenvalue weighted by Crippen LogP contribution is -2.48. The average molecular weight is 275 g/mol. The summed E-state index contributed by atoms with van der Waals surface area (Å²) in [6.07, 6.45) is 0. The molecule has 0 fully saturated rings. The van der Waals surface area contributed by atoms with Crippen molar-refractivity contribution in [2.45, 2.75) is 32.9 Å². The van der Waals surface area contributed by atoms with Gasteiger partial charge in [-0.2, -0.15) is 0 Å². The largest absolute Gasteiger partial charge is 0.333 e. The first-order valence-corrected chi connectivity index (χ1v) is 6.25. The summed E-state index contributed by atoms with van der Waals surface area (Å²) < 4.78 is 1.45.